The Labute approximate surface area is 208 Å². The third kappa shape index (κ3) is 4.52. The average Bonchev–Trinajstić information content (AvgIpc) is 3.10. The van der Waals surface area contributed by atoms with Gasteiger partial charge in [0.25, 0.3) is 10.0 Å². The number of hydrogen-bond acceptors (Lipinski definition) is 6. The van der Waals surface area contributed by atoms with E-state index in [1.165, 1.54) is 41.6 Å². The highest BCUT2D eigenvalue weighted by Crippen LogP contribution is 2.32. The number of methoxy groups -OCH3 is 2. The highest BCUT2D eigenvalue weighted by Gasteiger charge is 2.28. The molecule has 0 atom stereocenters. The predicted octanol–water partition coefficient (Wildman–Crippen LogP) is 2.73. The molecule has 0 unspecified atom stereocenters. The fraction of sp³-hybridized carbons (Fsp3) is 0.200. The van der Waals surface area contributed by atoms with E-state index in [2.05, 4.69) is 5.32 Å². The average molecular weight is 511 g/mol. The van der Waals surface area contributed by atoms with Crippen molar-refractivity contribution in [1.82, 2.24) is 9.13 Å². The molecular formula is C25H26N4O6S. The molecule has 4 rings (SSSR count). The molecule has 1 N–H and O–H groups in total. The van der Waals surface area contributed by atoms with E-state index < -0.39 is 22.5 Å². The summed E-state index contributed by atoms with van der Waals surface area (Å²) in [6, 6.07) is 17.7. The molecule has 0 bridgehead atoms. The summed E-state index contributed by atoms with van der Waals surface area (Å²) >= 11 is 0. The maximum atomic E-state index is 13.7. The zero-order valence-corrected chi connectivity index (χ0v) is 21.1. The van der Waals surface area contributed by atoms with Gasteiger partial charge in [-0.25, -0.2) is 13.2 Å². The van der Waals surface area contributed by atoms with Gasteiger partial charge in [-0.1, -0.05) is 18.2 Å². The zero-order chi connectivity index (χ0) is 26.0. The van der Waals surface area contributed by atoms with Crippen molar-refractivity contribution in [3.63, 3.8) is 0 Å². The molecule has 188 valence electrons. The Bertz CT molecular complexity index is 1590. The van der Waals surface area contributed by atoms with Crippen molar-refractivity contribution < 1.29 is 22.7 Å². The van der Waals surface area contributed by atoms with Gasteiger partial charge >= 0.3 is 5.69 Å². The van der Waals surface area contributed by atoms with Crippen LogP contribution in [-0.2, 0) is 28.9 Å². The minimum Gasteiger partial charge on any atom is -0.493 e. The molecule has 0 aliphatic carbocycles. The summed E-state index contributed by atoms with van der Waals surface area (Å²) in [6.07, 6.45) is 0. The number of anilines is 2. The normalized spacial score (nSPS) is 11.3. The first-order valence-corrected chi connectivity index (χ1v) is 12.4. The van der Waals surface area contributed by atoms with Gasteiger partial charge in [-0.15, -0.1) is 0 Å². The Kier molecular flexibility index (Phi) is 6.75. The van der Waals surface area contributed by atoms with E-state index in [0.29, 0.717) is 28.2 Å². The van der Waals surface area contributed by atoms with Gasteiger partial charge < -0.3 is 14.8 Å². The SMILES string of the molecule is COc1ccc(S(=O)(=O)N(CC(=O)Nc2ccc3c(c2)n(C)c(=O)n3C)c2ccccc2)cc1OC. The van der Waals surface area contributed by atoms with E-state index in [1.807, 2.05) is 0 Å². The van der Waals surface area contributed by atoms with Crippen LogP contribution in [0.15, 0.2) is 76.4 Å². The lowest BCUT2D eigenvalue weighted by molar-refractivity contribution is -0.114. The number of rotatable bonds is 8. The van der Waals surface area contributed by atoms with E-state index in [-0.39, 0.29) is 16.3 Å². The summed E-state index contributed by atoms with van der Waals surface area (Å²) in [5.74, 6) is 0.0761. The fourth-order valence-electron chi connectivity index (χ4n) is 3.93. The van der Waals surface area contributed by atoms with Crippen LogP contribution in [0.3, 0.4) is 0 Å². The lowest BCUT2D eigenvalue weighted by atomic mass is 10.2. The summed E-state index contributed by atoms with van der Waals surface area (Å²) in [4.78, 5) is 25.2. The molecule has 11 heteroatoms. The third-order valence-corrected chi connectivity index (χ3v) is 7.60. The van der Waals surface area contributed by atoms with Crippen molar-refractivity contribution in [2.24, 2.45) is 14.1 Å². The van der Waals surface area contributed by atoms with Crippen LogP contribution in [0.25, 0.3) is 11.0 Å². The largest absolute Gasteiger partial charge is 0.493 e. The first-order chi connectivity index (χ1) is 17.2. The standard InChI is InChI=1S/C25H26N4O6S/c1-27-20-12-10-17(14-21(20)28(2)25(27)31)26-24(30)16-29(18-8-6-5-7-9-18)36(32,33)19-11-13-22(34-3)23(15-19)35-4/h5-15H,16H2,1-4H3,(H,26,30). The molecule has 36 heavy (non-hydrogen) atoms. The van der Waals surface area contributed by atoms with Gasteiger partial charge in [0.05, 0.1) is 35.8 Å². The van der Waals surface area contributed by atoms with E-state index in [0.717, 1.165) is 4.31 Å². The van der Waals surface area contributed by atoms with Gasteiger partial charge in [0, 0.05) is 25.8 Å². The summed E-state index contributed by atoms with van der Waals surface area (Å²) in [7, 11) is 2.02. The molecule has 1 amide bonds. The van der Waals surface area contributed by atoms with Crippen LogP contribution < -0.4 is 24.8 Å². The second kappa shape index (κ2) is 9.78. The van der Waals surface area contributed by atoms with Crippen LogP contribution in [0.2, 0.25) is 0 Å². The number of imidazole rings is 1. The van der Waals surface area contributed by atoms with Gasteiger partial charge in [0.15, 0.2) is 11.5 Å². The molecule has 0 saturated heterocycles. The number of benzene rings is 3. The van der Waals surface area contributed by atoms with Gasteiger partial charge in [0.2, 0.25) is 5.91 Å². The van der Waals surface area contributed by atoms with Crippen LogP contribution in [-0.4, -0.2) is 44.2 Å². The molecule has 4 aromatic rings. The van der Waals surface area contributed by atoms with Crippen LogP contribution in [0, 0.1) is 0 Å². The first-order valence-electron chi connectivity index (χ1n) is 10.9. The molecule has 1 heterocycles. The molecule has 0 radical (unpaired) electrons. The number of nitrogens with one attached hydrogen (secondary N) is 1. The molecule has 10 nitrogen and oxygen atoms in total. The number of para-hydroxylation sites is 1. The minimum atomic E-state index is -4.15. The van der Waals surface area contributed by atoms with Crippen molar-refractivity contribution in [2.45, 2.75) is 4.90 Å². The molecule has 0 aliphatic heterocycles. The summed E-state index contributed by atoms with van der Waals surface area (Å²) < 4.78 is 41.8. The highest BCUT2D eigenvalue weighted by molar-refractivity contribution is 7.92. The number of sulfonamides is 1. The van der Waals surface area contributed by atoms with Crippen LogP contribution in [0.1, 0.15) is 0 Å². The molecule has 3 aromatic carbocycles. The Hall–Kier alpha value is -4.25. The lowest BCUT2D eigenvalue weighted by Gasteiger charge is -2.24. The fourth-order valence-corrected chi connectivity index (χ4v) is 5.37. The van der Waals surface area contributed by atoms with E-state index in [9.17, 15) is 18.0 Å². The first kappa shape index (κ1) is 24.9. The second-order valence-corrected chi connectivity index (χ2v) is 9.88. The molecule has 0 spiro atoms. The maximum absolute atomic E-state index is 13.7. The quantitative estimate of drug-likeness (QED) is 0.390. The third-order valence-electron chi connectivity index (χ3n) is 5.83. The summed E-state index contributed by atoms with van der Waals surface area (Å²) in [6.45, 7) is -0.480. The summed E-state index contributed by atoms with van der Waals surface area (Å²) in [5.41, 5.74) is 1.92. The van der Waals surface area contributed by atoms with Crippen LogP contribution >= 0.6 is 0 Å². The smallest absolute Gasteiger partial charge is 0.328 e. The van der Waals surface area contributed by atoms with Gasteiger partial charge in [-0.3, -0.25) is 18.2 Å². The predicted molar refractivity (Wildman–Crippen MR) is 137 cm³/mol. The Morgan fingerprint density at radius 2 is 1.56 bits per heavy atom. The highest BCUT2D eigenvalue weighted by atomic mass is 32.2. The zero-order valence-electron chi connectivity index (χ0n) is 20.3. The van der Waals surface area contributed by atoms with Crippen molar-refractivity contribution in [1.29, 1.82) is 0 Å². The maximum Gasteiger partial charge on any atom is 0.328 e. The minimum absolute atomic E-state index is 0.0579. The Morgan fingerprint density at radius 1 is 0.889 bits per heavy atom. The van der Waals surface area contributed by atoms with E-state index >= 15 is 0 Å². The molecule has 1 aromatic heterocycles. The topological polar surface area (TPSA) is 112 Å². The molecule has 0 aliphatic rings. The van der Waals surface area contributed by atoms with Gasteiger partial charge in [0.1, 0.15) is 6.54 Å². The molecule has 0 saturated carbocycles. The van der Waals surface area contributed by atoms with Crippen molar-refractivity contribution in [3.8, 4) is 11.5 Å². The number of aryl methyl sites for hydroxylation is 2. The molecule has 0 fully saturated rings. The number of hydrogen-bond donors (Lipinski definition) is 1. The van der Waals surface area contributed by atoms with Gasteiger partial charge in [-0.05, 0) is 42.5 Å². The number of fused-ring (bicyclic) bond motifs is 1. The number of ether oxygens (including phenoxy) is 2. The van der Waals surface area contributed by atoms with Crippen LogP contribution in [0.5, 0.6) is 11.5 Å². The monoisotopic (exact) mass is 510 g/mol. The van der Waals surface area contributed by atoms with Crippen molar-refractivity contribution >= 4 is 38.3 Å². The van der Waals surface area contributed by atoms with Crippen LogP contribution in [0.4, 0.5) is 11.4 Å². The molecular weight excluding hydrogens is 484 g/mol. The van der Waals surface area contributed by atoms with E-state index in [1.54, 1.807) is 62.6 Å². The van der Waals surface area contributed by atoms with E-state index in [4.69, 9.17) is 9.47 Å². The lowest BCUT2D eigenvalue weighted by Crippen LogP contribution is -2.38. The Morgan fingerprint density at radius 3 is 2.22 bits per heavy atom. The number of nitrogens with zero attached hydrogens (tertiary/aromatic N) is 3. The van der Waals surface area contributed by atoms with Crippen molar-refractivity contribution in [3.05, 3.63) is 77.2 Å². The van der Waals surface area contributed by atoms with Gasteiger partial charge in [-0.2, -0.15) is 0 Å². The Balaban J connectivity index is 1.67. The number of amides is 1. The number of carbonyl (C=O) groups is 1. The second-order valence-electron chi connectivity index (χ2n) is 8.02. The summed E-state index contributed by atoms with van der Waals surface area (Å²) in [5, 5.41) is 2.74. The van der Waals surface area contributed by atoms with Crippen molar-refractivity contribution in [2.75, 3.05) is 30.4 Å². The number of aromatic nitrogens is 2. The number of carbonyl (C=O) groups excluding carboxylic acids is 1.